The van der Waals surface area contributed by atoms with E-state index in [1.54, 1.807) is 35.6 Å². The molecular formula is C22H22N2O2S. The van der Waals surface area contributed by atoms with Gasteiger partial charge in [0.05, 0.1) is 0 Å². The second-order valence-corrected chi connectivity index (χ2v) is 7.10. The van der Waals surface area contributed by atoms with E-state index in [0.717, 1.165) is 12.2 Å². The topological polar surface area (TPSA) is 49.4 Å². The minimum absolute atomic E-state index is 0.0137. The van der Waals surface area contributed by atoms with E-state index in [9.17, 15) is 9.59 Å². The lowest BCUT2D eigenvalue weighted by Gasteiger charge is -2.24. The van der Waals surface area contributed by atoms with Crippen molar-refractivity contribution >= 4 is 34.4 Å². The van der Waals surface area contributed by atoms with E-state index in [4.69, 9.17) is 0 Å². The molecule has 0 saturated heterocycles. The lowest BCUT2D eigenvalue weighted by molar-refractivity contribution is -0.116. The average molecular weight is 378 g/mol. The van der Waals surface area contributed by atoms with Crippen LogP contribution in [0, 0.1) is 0 Å². The van der Waals surface area contributed by atoms with E-state index < -0.39 is 0 Å². The number of ketones is 1. The standard InChI is InChI=1S/C22H22N2O2S/c1-17(25)19-7-9-20(10-8-19)23-22(26)11-13-24(15-18-12-14-27-16-18)21-5-3-2-4-6-21/h2-10,12,14,16H,11,13,15H2,1H3,(H,23,26). The summed E-state index contributed by atoms with van der Waals surface area (Å²) in [6.45, 7) is 2.92. The van der Waals surface area contributed by atoms with Crippen molar-refractivity contribution in [2.45, 2.75) is 19.9 Å². The van der Waals surface area contributed by atoms with Crippen LogP contribution >= 0.6 is 11.3 Å². The molecule has 0 bridgehead atoms. The first-order valence-electron chi connectivity index (χ1n) is 8.84. The van der Waals surface area contributed by atoms with Gasteiger partial charge < -0.3 is 10.2 Å². The third kappa shape index (κ3) is 5.53. The van der Waals surface area contributed by atoms with Gasteiger partial charge in [-0.2, -0.15) is 11.3 Å². The van der Waals surface area contributed by atoms with Gasteiger partial charge in [0.15, 0.2) is 5.78 Å². The Morgan fingerprint density at radius 1 is 1.00 bits per heavy atom. The summed E-state index contributed by atoms with van der Waals surface area (Å²) in [4.78, 5) is 25.9. The number of hydrogen-bond acceptors (Lipinski definition) is 4. The molecule has 0 saturated carbocycles. The van der Waals surface area contributed by atoms with Crippen LogP contribution in [-0.2, 0) is 11.3 Å². The summed E-state index contributed by atoms with van der Waals surface area (Å²) in [5.74, 6) is -0.0309. The summed E-state index contributed by atoms with van der Waals surface area (Å²) < 4.78 is 0. The van der Waals surface area contributed by atoms with Gasteiger partial charge in [-0.05, 0) is 65.7 Å². The number of Topliss-reactive ketones (excluding diaryl/α,β-unsaturated/α-hetero) is 1. The predicted octanol–water partition coefficient (Wildman–Crippen LogP) is 4.99. The van der Waals surface area contributed by atoms with Crippen molar-refractivity contribution < 1.29 is 9.59 Å². The maximum Gasteiger partial charge on any atom is 0.226 e. The van der Waals surface area contributed by atoms with E-state index in [1.165, 1.54) is 12.5 Å². The third-order valence-corrected chi connectivity index (χ3v) is 4.99. The number of thiophene rings is 1. The largest absolute Gasteiger partial charge is 0.367 e. The number of para-hydroxylation sites is 1. The number of anilines is 2. The minimum atomic E-state index is -0.0446. The first-order chi connectivity index (χ1) is 13.1. The van der Waals surface area contributed by atoms with Crippen molar-refractivity contribution in [1.29, 1.82) is 0 Å². The molecule has 1 heterocycles. The van der Waals surface area contributed by atoms with Crippen molar-refractivity contribution in [3.8, 4) is 0 Å². The van der Waals surface area contributed by atoms with Gasteiger partial charge in [-0.3, -0.25) is 9.59 Å². The Bertz CT molecular complexity index is 874. The normalized spacial score (nSPS) is 10.4. The van der Waals surface area contributed by atoms with Gasteiger partial charge in [0, 0.05) is 36.4 Å². The molecule has 1 amide bonds. The summed E-state index contributed by atoms with van der Waals surface area (Å²) >= 11 is 1.68. The molecule has 1 aromatic heterocycles. The molecule has 0 aliphatic rings. The molecule has 1 N–H and O–H groups in total. The van der Waals surface area contributed by atoms with E-state index in [2.05, 4.69) is 39.2 Å². The maximum absolute atomic E-state index is 12.4. The van der Waals surface area contributed by atoms with Crippen LogP contribution in [-0.4, -0.2) is 18.2 Å². The van der Waals surface area contributed by atoms with E-state index >= 15 is 0 Å². The second kappa shape index (κ2) is 9.14. The van der Waals surface area contributed by atoms with Gasteiger partial charge in [-0.15, -0.1) is 0 Å². The number of nitrogens with one attached hydrogen (secondary N) is 1. The zero-order valence-electron chi connectivity index (χ0n) is 15.2. The molecule has 4 nitrogen and oxygen atoms in total. The lowest BCUT2D eigenvalue weighted by atomic mass is 10.1. The first-order valence-corrected chi connectivity index (χ1v) is 9.78. The summed E-state index contributed by atoms with van der Waals surface area (Å²) in [6.07, 6.45) is 0.382. The highest BCUT2D eigenvalue weighted by Gasteiger charge is 2.11. The molecule has 138 valence electrons. The quantitative estimate of drug-likeness (QED) is 0.562. The zero-order valence-corrected chi connectivity index (χ0v) is 16.0. The molecule has 5 heteroatoms. The molecule has 0 radical (unpaired) electrons. The fourth-order valence-corrected chi connectivity index (χ4v) is 3.45. The van der Waals surface area contributed by atoms with Gasteiger partial charge in [-0.25, -0.2) is 0 Å². The molecule has 0 aliphatic heterocycles. The molecule has 3 rings (SSSR count). The van der Waals surface area contributed by atoms with Crippen molar-refractivity contribution in [3.63, 3.8) is 0 Å². The Morgan fingerprint density at radius 2 is 1.74 bits per heavy atom. The number of nitrogens with zero attached hydrogens (tertiary/aromatic N) is 1. The van der Waals surface area contributed by atoms with E-state index in [0.29, 0.717) is 24.2 Å². The molecule has 3 aromatic rings. The molecule has 0 aliphatic carbocycles. The summed E-state index contributed by atoms with van der Waals surface area (Å²) in [5, 5.41) is 7.10. The van der Waals surface area contributed by atoms with Crippen LogP contribution in [0.4, 0.5) is 11.4 Å². The van der Waals surface area contributed by atoms with Gasteiger partial charge >= 0.3 is 0 Å². The third-order valence-electron chi connectivity index (χ3n) is 4.26. The van der Waals surface area contributed by atoms with E-state index in [-0.39, 0.29) is 11.7 Å². The molecular weight excluding hydrogens is 356 g/mol. The molecule has 0 unspecified atom stereocenters. The highest BCUT2D eigenvalue weighted by atomic mass is 32.1. The van der Waals surface area contributed by atoms with Gasteiger partial charge in [0.2, 0.25) is 5.91 Å². The van der Waals surface area contributed by atoms with Crippen molar-refractivity contribution in [3.05, 3.63) is 82.6 Å². The SMILES string of the molecule is CC(=O)c1ccc(NC(=O)CCN(Cc2ccsc2)c2ccccc2)cc1. The number of hydrogen-bond donors (Lipinski definition) is 1. The number of carbonyl (C=O) groups excluding carboxylic acids is 2. The Balaban J connectivity index is 1.60. The number of carbonyl (C=O) groups is 2. The zero-order chi connectivity index (χ0) is 19.1. The van der Waals surface area contributed by atoms with Crippen LogP contribution in [0.2, 0.25) is 0 Å². The van der Waals surface area contributed by atoms with Crippen LogP contribution < -0.4 is 10.2 Å². The molecule has 0 spiro atoms. The molecule has 2 aromatic carbocycles. The average Bonchev–Trinajstić information content (AvgIpc) is 3.19. The summed E-state index contributed by atoms with van der Waals surface area (Å²) in [5.41, 5.74) is 3.68. The molecule has 0 atom stereocenters. The number of rotatable bonds is 8. The van der Waals surface area contributed by atoms with Crippen LogP contribution in [0.15, 0.2) is 71.4 Å². The second-order valence-electron chi connectivity index (χ2n) is 6.32. The summed E-state index contributed by atoms with van der Waals surface area (Å²) in [7, 11) is 0. The van der Waals surface area contributed by atoms with Crippen LogP contribution in [0.5, 0.6) is 0 Å². The Morgan fingerprint density at radius 3 is 2.37 bits per heavy atom. The monoisotopic (exact) mass is 378 g/mol. The van der Waals surface area contributed by atoms with Gasteiger partial charge in [0.1, 0.15) is 0 Å². The minimum Gasteiger partial charge on any atom is -0.367 e. The number of amides is 1. The fraction of sp³-hybridized carbons (Fsp3) is 0.182. The number of benzene rings is 2. The highest BCUT2D eigenvalue weighted by Crippen LogP contribution is 2.19. The Labute approximate surface area is 163 Å². The van der Waals surface area contributed by atoms with Gasteiger partial charge in [-0.1, -0.05) is 18.2 Å². The van der Waals surface area contributed by atoms with Crippen LogP contribution in [0.25, 0.3) is 0 Å². The van der Waals surface area contributed by atoms with E-state index in [1.807, 2.05) is 18.2 Å². The van der Waals surface area contributed by atoms with Crippen LogP contribution in [0.1, 0.15) is 29.3 Å². The van der Waals surface area contributed by atoms with Crippen molar-refractivity contribution in [2.75, 3.05) is 16.8 Å². The molecule has 27 heavy (non-hydrogen) atoms. The van der Waals surface area contributed by atoms with Gasteiger partial charge in [0.25, 0.3) is 0 Å². The fourth-order valence-electron chi connectivity index (χ4n) is 2.79. The Kier molecular flexibility index (Phi) is 6.39. The lowest BCUT2D eigenvalue weighted by Crippen LogP contribution is -2.27. The maximum atomic E-state index is 12.4. The van der Waals surface area contributed by atoms with Crippen molar-refractivity contribution in [1.82, 2.24) is 0 Å². The Hall–Kier alpha value is -2.92. The molecule has 0 fully saturated rings. The van der Waals surface area contributed by atoms with Crippen molar-refractivity contribution in [2.24, 2.45) is 0 Å². The summed E-state index contributed by atoms with van der Waals surface area (Å²) in [6, 6.07) is 19.2. The smallest absolute Gasteiger partial charge is 0.226 e. The predicted molar refractivity (Wildman–Crippen MR) is 112 cm³/mol. The highest BCUT2D eigenvalue weighted by molar-refractivity contribution is 7.07. The van der Waals surface area contributed by atoms with Crippen LogP contribution in [0.3, 0.4) is 0 Å². The first kappa shape index (κ1) is 18.9.